The number of benzene rings is 2. The van der Waals surface area contributed by atoms with E-state index < -0.39 is 11.6 Å². The Labute approximate surface area is 182 Å². The summed E-state index contributed by atoms with van der Waals surface area (Å²) in [4.78, 5) is 13.1. The maximum Gasteiger partial charge on any atom is 0.347 e. The first-order valence-corrected chi connectivity index (χ1v) is 9.26. The lowest BCUT2D eigenvalue weighted by atomic mass is 9.86. The average Bonchev–Trinajstić information content (AvgIpc) is 2.63. The van der Waals surface area contributed by atoms with Crippen molar-refractivity contribution in [3.63, 3.8) is 0 Å². The van der Waals surface area contributed by atoms with Gasteiger partial charge in [0.25, 0.3) is 0 Å². The van der Waals surface area contributed by atoms with E-state index in [4.69, 9.17) is 16.3 Å². The van der Waals surface area contributed by atoms with Gasteiger partial charge < -0.3 is 38.3 Å². The molecule has 2 aromatic rings. The van der Waals surface area contributed by atoms with Crippen LogP contribution in [0.3, 0.4) is 0 Å². The highest BCUT2D eigenvalue weighted by Crippen LogP contribution is 2.33. The van der Waals surface area contributed by atoms with Crippen LogP contribution < -0.4 is 24.0 Å². The summed E-state index contributed by atoms with van der Waals surface area (Å²) in [5, 5.41) is 11.9. The Balaban J connectivity index is 0.00000261. The molecule has 27 heavy (non-hydrogen) atoms. The summed E-state index contributed by atoms with van der Waals surface area (Å²) in [6.45, 7) is 1.89. The quantitative estimate of drug-likeness (QED) is 0.374. The van der Waals surface area contributed by atoms with Crippen LogP contribution in [0, 0.1) is 0 Å². The Kier molecular flexibility index (Phi) is 7.30. The number of piperidine rings is 1. The molecule has 2 aromatic carbocycles. The molecule has 0 saturated carbocycles. The number of rotatable bonds is 4. The Morgan fingerprint density at radius 3 is 2.26 bits per heavy atom. The number of hydrogen-bond acceptors (Lipinski definition) is 3. The van der Waals surface area contributed by atoms with Gasteiger partial charge in [0.2, 0.25) is 5.60 Å². The van der Waals surface area contributed by atoms with Crippen molar-refractivity contribution in [2.24, 2.45) is 0 Å². The molecule has 0 aliphatic carbocycles. The second-order valence-electron chi connectivity index (χ2n) is 7.57. The van der Waals surface area contributed by atoms with Crippen molar-refractivity contribution >= 4 is 17.6 Å². The van der Waals surface area contributed by atoms with E-state index in [-0.39, 0.29) is 30.1 Å². The molecule has 1 heterocycles. The van der Waals surface area contributed by atoms with E-state index in [9.17, 15) is 9.90 Å². The third kappa shape index (κ3) is 5.02. The molecule has 1 saturated heterocycles. The van der Waals surface area contributed by atoms with Gasteiger partial charge in [0, 0.05) is 23.4 Å². The zero-order valence-corrected chi connectivity index (χ0v) is 18.5. The summed E-state index contributed by atoms with van der Waals surface area (Å²) >= 11 is 6.10. The third-order valence-electron chi connectivity index (χ3n) is 5.12. The van der Waals surface area contributed by atoms with Gasteiger partial charge in [-0.2, -0.15) is 0 Å². The Morgan fingerprint density at radius 1 is 1.07 bits per heavy atom. The van der Waals surface area contributed by atoms with Crippen LogP contribution in [0.1, 0.15) is 24.0 Å². The summed E-state index contributed by atoms with van der Waals surface area (Å²) < 4.78 is 6.68. The fraction of sp³-hybridized carbons (Fsp3) is 0.381. The van der Waals surface area contributed by atoms with Crippen molar-refractivity contribution < 1.29 is 43.1 Å². The number of esters is 1. The van der Waals surface area contributed by atoms with E-state index in [1.54, 1.807) is 48.5 Å². The lowest BCUT2D eigenvalue weighted by Crippen LogP contribution is -3.00. The molecule has 0 amide bonds. The number of carbonyl (C=O) groups excluding carboxylic acids is 1. The molecule has 146 valence electrons. The Morgan fingerprint density at radius 2 is 1.67 bits per heavy atom. The second-order valence-corrected chi connectivity index (χ2v) is 8.01. The first kappa shape index (κ1) is 22.1. The number of hydrogen-bond donors (Lipinski definition) is 1. The summed E-state index contributed by atoms with van der Waals surface area (Å²) in [7, 11) is 4.34. The van der Waals surface area contributed by atoms with Crippen LogP contribution in [0.4, 0.5) is 0 Å². The van der Waals surface area contributed by atoms with Gasteiger partial charge in [0.1, 0.15) is 6.10 Å². The number of ether oxygens (including phenoxy) is 1. The maximum absolute atomic E-state index is 13.1. The topological polar surface area (TPSA) is 46.5 Å². The molecule has 1 aliphatic rings. The van der Waals surface area contributed by atoms with Gasteiger partial charge in [-0.25, -0.2) is 4.79 Å². The van der Waals surface area contributed by atoms with E-state index in [1.807, 2.05) is 6.07 Å². The van der Waals surface area contributed by atoms with Crippen molar-refractivity contribution in [1.82, 2.24) is 0 Å². The van der Waals surface area contributed by atoms with Gasteiger partial charge >= 0.3 is 5.97 Å². The molecule has 4 nitrogen and oxygen atoms in total. The molecule has 1 N–H and O–H groups in total. The van der Waals surface area contributed by atoms with Gasteiger partial charge in [-0.3, -0.25) is 0 Å². The van der Waals surface area contributed by atoms with Gasteiger partial charge in [0.15, 0.2) is 0 Å². The van der Waals surface area contributed by atoms with Crippen LogP contribution in [0.25, 0.3) is 0 Å². The molecule has 1 atom stereocenters. The number of likely N-dealkylation sites (tertiary alicyclic amines) is 1. The molecule has 1 unspecified atom stereocenters. The van der Waals surface area contributed by atoms with Gasteiger partial charge in [-0.15, -0.1) is 0 Å². The van der Waals surface area contributed by atoms with Gasteiger partial charge in [-0.05, 0) is 17.7 Å². The monoisotopic (exact) mass is 501 g/mol. The van der Waals surface area contributed by atoms with E-state index >= 15 is 0 Å². The first-order chi connectivity index (χ1) is 12.3. The standard InChI is InChI=1S/C21H25ClNO3.HI/c1-23(2)13-11-19(12-14-23)26-20(24)21(25,16-7-4-3-5-8-16)17-9-6-10-18(22)15-17;/h3-10,15,19,25H,11-14H2,1-2H3;1H/q+1;/p-1. The predicted octanol–water partition coefficient (Wildman–Crippen LogP) is 0.362. The van der Waals surface area contributed by atoms with Crippen LogP contribution in [0.15, 0.2) is 54.6 Å². The van der Waals surface area contributed by atoms with Crippen molar-refractivity contribution in [2.75, 3.05) is 27.2 Å². The SMILES string of the molecule is C[N+]1(C)CCC(OC(=O)C(O)(c2ccccc2)c2cccc(Cl)c2)CC1.[I-]. The molecular weight excluding hydrogens is 477 g/mol. The fourth-order valence-corrected chi connectivity index (χ4v) is 3.58. The van der Waals surface area contributed by atoms with Crippen LogP contribution in [0.5, 0.6) is 0 Å². The number of quaternary nitrogens is 1. The number of aliphatic hydroxyl groups is 1. The molecular formula is C21H25ClINO3. The number of carbonyl (C=O) groups is 1. The minimum atomic E-state index is -1.88. The molecule has 1 aliphatic heterocycles. The van der Waals surface area contributed by atoms with E-state index in [1.165, 1.54) is 0 Å². The Hall–Kier alpha value is -1.15. The normalized spacial score (nSPS) is 18.8. The number of nitrogens with zero attached hydrogens (tertiary/aromatic N) is 1. The summed E-state index contributed by atoms with van der Waals surface area (Å²) in [6, 6.07) is 15.6. The van der Waals surface area contributed by atoms with E-state index in [0.29, 0.717) is 16.1 Å². The molecule has 1 fully saturated rings. The smallest absolute Gasteiger partial charge is 0.347 e. The first-order valence-electron chi connectivity index (χ1n) is 8.88. The van der Waals surface area contributed by atoms with E-state index in [2.05, 4.69) is 14.1 Å². The molecule has 6 heteroatoms. The molecule has 0 spiro atoms. The highest BCUT2D eigenvalue weighted by molar-refractivity contribution is 6.30. The second kappa shape index (κ2) is 8.90. The minimum absolute atomic E-state index is 0. The van der Waals surface area contributed by atoms with Crippen LogP contribution in [-0.4, -0.2) is 48.8 Å². The summed E-state index contributed by atoms with van der Waals surface area (Å²) in [5.41, 5.74) is -0.999. The Bertz CT molecular complexity index is 774. The zero-order chi connectivity index (χ0) is 18.8. The lowest BCUT2D eigenvalue weighted by Gasteiger charge is -2.38. The largest absolute Gasteiger partial charge is 1.00 e. The molecule has 0 radical (unpaired) electrons. The highest BCUT2D eigenvalue weighted by atomic mass is 127. The van der Waals surface area contributed by atoms with Crippen molar-refractivity contribution in [3.05, 3.63) is 70.7 Å². The number of halogens is 2. The minimum Gasteiger partial charge on any atom is -1.00 e. The lowest BCUT2D eigenvalue weighted by molar-refractivity contribution is -0.896. The van der Waals surface area contributed by atoms with Crippen LogP contribution in [0.2, 0.25) is 5.02 Å². The van der Waals surface area contributed by atoms with Crippen molar-refractivity contribution in [2.45, 2.75) is 24.5 Å². The van der Waals surface area contributed by atoms with Crippen molar-refractivity contribution in [3.8, 4) is 0 Å². The molecule has 3 rings (SSSR count). The van der Waals surface area contributed by atoms with Crippen LogP contribution in [-0.2, 0) is 15.1 Å². The summed E-state index contributed by atoms with van der Waals surface area (Å²) in [5.74, 6) is -0.650. The van der Waals surface area contributed by atoms with Gasteiger partial charge in [-0.1, -0.05) is 54.1 Å². The zero-order valence-electron chi connectivity index (χ0n) is 15.6. The summed E-state index contributed by atoms with van der Waals surface area (Å²) in [6.07, 6.45) is 1.40. The molecule has 0 bridgehead atoms. The maximum atomic E-state index is 13.1. The fourth-order valence-electron chi connectivity index (χ4n) is 3.39. The molecule has 0 aromatic heterocycles. The third-order valence-corrected chi connectivity index (χ3v) is 5.35. The van der Waals surface area contributed by atoms with Crippen molar-refractivity contribution in [1.29, 1.82) is 0 Å². The highest BCUT2D eigenvalue weighted by Gasteiger charge is 2.43. The van der Waals surface area contributed by atoms with Crippen LogP contribution >= 0.6 is 11.6 Å². The predicted molar refractivity (Wildman–Crippen MR) is 102 cm³/mol. The van der Waals surface area contributed by atoms with E-state index in [0.717, 1.165) is 30.4 Å². The van der Waals surface area contributed by atoms with Gasteiger partial charge in [0.05, 0.1) is 27.2 Å². The average molecular weight is 502 g/mol.